The third-order valence-electron chi connectivity index (χ3n) is 4.55. The molecule has 1 atom stereocenters. The summed E-state index contributed by atoms with van der Waals surface area (Å²) in [5.74, 6) is 0.272. The number of fused-ring (bicyclic) bond motifs is 1. The van der Waals surface area contributed by atoms with Crippen molar-refractivity contribution in [1.82, 2.24) is 14.9 Å². The van der Waals surface area contributed by atoms with Gasteiger partial charge in [-0.05, 0) is 39.7 Å². The molecule has 2 rings (SSSR count). The molecular weight excluding hydrogens is 366 g/mol. The monoisotopic (exact) mass is 395 g/mol. The fourth-order valence-electron chi connectivity index (χ4n) is 2.92. The Bertz CT molecular complexity index is 826. The number of carbonyl (C=O) groups is 1. The van der Waals surface area contributed by atoms with Crippen LogP contribution in [0.3, 0.4) is 0 Å². The molecule has 2 aromatic heterocycles. The van der Waals surface area contributed by atoms with E-state index in [0.29, 0.717) is 17.1 Å². The molecule has 144 valence electrons. The molecule has 0 unspecified atom stereocenters. The molecule has 7 heteroatoms. The summed E-state index contributed by atoms with van der Waals surface area (Å²) >= 11 is 2.88. The lowest BCUT2D eigenvalue weighted by atomic mass is 10.1. The standard InChI is InChI=1S/C19H29N3O2S2/c1-6-8-9-10-12(3)20-15(23)11-25-19-21-17-16(13(4)14(5)26-17)18(24)22(19)7-2/h12H,6-11H2,1-5H3,(H,20,23)/t12-/m0/s1. The highest BCUT2D eigenvalue weighted by Gasteiger charge is 2.17. The minimum atomic E-state index is -0.00506. The van der Waals surface area contributed by atoms with Crippen molar-refractivity contribution in [3.05, 3.63) is 20.8 Å². The zero-order valence-corrected chi connectivity index (χ0v) is 18.0. The molecule has 0 spiro atoms. The zero-order chi connectivity index (χ0) is 19.3. The van der Waals surface area contributed by atoms with Gasteiger partial charge in [0.1, 0.15) is 4.83 Å². The van der Waals surface area contributed by atoms with E-state index in [4.69, 9.17) is 0 Å². The first-order valence-electron chi connectivity index (χ1n) is 9.31. The summed E-state index contributed by atoms with van der Waals surface area (Å²) in [5.41, 5.74) is 1.01. The van der Waals surface area contributed by atoms with Gasteiger partial charge in [0.25, 0.3) is 5.56 Å². The average Bonchev–Trinajstić information content (AvgIpc) is 2.87. The largest absolute Gasteiger partial charge is 0.353 e. The van der Waals surface area contributed by atoms with Crippen molar-refractivity contribution in [2.75, 3.05) is 5.75 Å². The van der Waals surface area contributed by atoms with Crippen LogP contribution in [-0.2, 0) is 11.3 Å². The van der Waals surface area contributed by atoms with Crippen LogP contribution in [0.15, 0.2) is 9.95 Å². The van der Waals surface area contributed by atoms with Gasteiger partial charge in [-0.3, -0.25) is 14.2 Å². The van der Waals surface area contributed by atoms with Crippen LogP contribution in [0.2, 0.25) is 0 Å². The molecule has 5 nitrogen and oxygen atoms in total. The zero-order valence-electron chi connectivity index (χ0n) is 16.3. The lowest BCUT2D eigenvalue weighted by Crippen LogP contribution is -2.34. The first-order valence-corrected chi connectivity index (χ1v) is 11.1. The van der Waals surface area contributed by atoms with E-state index in [1.54, 1.807) is 15.9 Å². The predicted molar refractivity (Wildman–Crippen MR) is 111 cm³/mol. The Balaban J connectivity index is 2.08. The predicted octanol–water partition coefficient (Wildman–Crippen LogP) is 4.27. The van der Waals surface area contributed by atoms with Gasteiger partial charge in [-0.1, -0.05) is 37.9 Å². The Hall–Kier alpha value is -1.34. The lowest BCUT2D eigenvalue weighted by molar-refractivity contribution is -0.119. The van der Waals surface area contributed by atoms with Gasteiger partial charge in [-0.25, -0.2) is 4.98 Å². The Morgan fingerprint density at radius 1 is 1.31 bits per heavy atom. The van der Waals surface area contributed by atoms with Crippen molar-refractivity contribution >= 4 is 39.2 Å². The molecule has 0 radical (unpaired) electrons. The van der Waals surface area contributed by atoms with E-state index in [0.717, 1.165) is 28.1 Å². The van der Waals surface area contributed by atoms with Crippen molar-refractivity contribution in [3.63, 3.8) is 0 Å². The van der Waals surface area contributed by atoms with Crippen LogP contribution < -0.4 is 10.9 Å². The summed E-state index contributed by atoms with van der Waals surface area (Å²) in [6.45, 7) is 10.7. The minimum Gasteiger partial charge on any atom is -0.353 e. The second-order valence-corrected chi connectivity index (χ2v) is 8.81. The number of aryl methyl sites for hydroxylation is 2. The number of carbonyl (C=O) groups excluding carboxylic acids is 1. The maximum Gasteiger partial charge on any atom is 0.263 e. The molecule has 0 fully saturated rings. The molecule has 0 saturated heterocycles. The number of thiophene rings is 1. The second-order valence-electron chi connectivity index (χ2n) is 6.66. The Kier molecular flexibility index (Phi) is 7.70. The summed E-state index contributed by atoms with van der Waals surface area (Å²) in [5, 5.41) is 4.38. The normalized spacial score (nSPS) is 12.5. The molecule has 1 amide bonds. The van der Waals surface area contributed by atoms with Gasteiger partial charge in [-0.2, -0.15) is 0 Å². The van der Waals surface area contributed by atoms with Crippen LogP contribution >= 0.6 is 23.1 Å². The van der Waals surface area contributed by atoms with Gasteiger partial charge in [0, 0.05) is 17.5 Å². The topological polar surface area (TPSA) is 64.0 Å². The van der Waals surface area contributed by atoms with Gasteiger partial charge in [0.15, 0.2) is 5.16 Å². The first-order chi connectivity index (χ1) is 12.4. The van der Waals surface area contributed by atoms with E-state index in [9.17, 15) is 9.59 Å². The van der Waals surface area contributed by atoms with Crippen molar-refractivity contribution < 1.29 is 4.79 Å². The van der Waals surface area contributed by atoms with E-state index < -0.39 is 0 Å². The van der Waals surface area contributed by atoms with E-state index in [1.165, 1.54) is 24.6 Å². The highest BCUT2D eigenvalue weighted by Crippen LogP contribution is 2.28. The number of amides is 1. The Morgan fingerprint density at radius 2 is 2.04 bits per heavy atom. The summed E-state index contributed by atoms with van der Waals surface area (Å²) in [6, 6.07) is 0.182. The van der Waals surface area contributed by atoms with E-state index in [2.05, 4.69) is 17.2 Å². The number of aromatic nitrogens is 2. The van der Waals surface area contributed by atoms with Gasteiger partial charge < -0.3 is 5.32 Å². The molecule has 0 aliphatic heterocycles. The first kappa shape index (κ1) is 21.0. The van der Waals surface area contributed by atoms with E-state index in [-0.39, 0.29) is 23.3 Å². The summed E-state index contributed by atoms with van der Waals surface area (Å²) < 4.78 is 1.67. The third-order valence-corrected chi connectivity index (χ3v) is 6.63. The third kappa shape index (κ3) is 4.88. The molecule has 0 aliphatic carbocycles. The molecular formula is C19H29N3O2S2. The SMILES string of the molecule is CCCCC[C@H](C)NC(=O)CSc1nc2sc(C)c(C)c2c(=O)n1CC. The fourth-order valence-corrected chi connectivity index (χ4v) is 4.86. The molecule has 0 bridgehead atoms. The number of hydrogen-bond acceptors (Lipinski definition) is 5. The van der Waals surface area contributed by atoms with E-state index in [1.807, 2.05) is 27.7 Å². The van der Waals surface area contributed by atoms with Crippen molar-refractivity contribution in [2.24, 2.45) is 0 Å². The smallest absolute Gasteiger partial charge is 0.263 e. The van der Waals surface area contributed by atoms with Gasteiger partial charge in [0.05, 0.1) is 11.1 Å². The molecule has 2 aromatic rings. The van der Waals surface area contributed by atoms with Gasteiger partial charge >= 0.3 is 0 Å². The van der Waals surface area contributed by atoms with Crippen LogP contribution in [0.25, 0.3) is 10.2 Å². The fraction of sp³-hybridized carbons (Fsp3) is 0.632. The Morgan fingerprint density at radius 3 is 2.69 bits per heavy atom. The van der Waals surface area contributed by atoms with Gasteiger partial charge in [0.2, 0.25) is 5.91 Å². The number of thioether (sulfide) groups is 1. The number of unbranched alkanes of at least 4 members (excludes halogenated alkanes) is 2. The molecule has 2 heterocycles. The quantitative estimate of drug-likeness (QED) is 0.391. The van der Waals surface area contributed by atoms with Gasteiger partial charge in [-0.15, -0.1) is 11.3 Å². The van der Waals surface area contributed by atoms with Crippen LogP contribution in [0.1, 0.15) is 56.9 Å². The van der Waals surface area contributed by atoms with Crippen LogP contribution in [0, 0.1) is 13.8 Å². The van der Waals surface area contributed by atoms with E-state index >= 15 is 0 Å². The summed E-state index contributed by atoms with van der Waals surface area (Å²) in [6.07, 6.45) is 4.51. The maximum absolute atomic E-state index is 12.8. The highest BCUT2D eigenvalue weighted by atomic mass is 32.2. The van der Waals surface area contributed by atoms with Crippen molar-refractivity contribution in [1.29, 1.82) is 0 Å². The van der Waals surface area contributed by atoms with Crippen molar-refractivity contribution in [3.8, 4) is 0 Å². The summed E-state index contributed by atoms with van der Waals surface area (Å²) in [7, 11) is 0. The molecule has 0 aromatic carbocycles. The van der Waals surface area contributed by atoms with Crippen LogP contribution in [-0.4, -0.2) is 27.3 Å². The maximum atomic E-state index is 12.8. The minimum absolute atomic E-state index is 0.00445. The number of hydrogen-bond donors (Lipinski definition) is 1. The number of nitrogens with one attached hydrogen (secondary N) is 1. The number of nitrogens with zero attached hydrogens (tertiary/aromatic N) is 2. The Labute approximate surface area is 163 Å². The van der Waals surface area contributed by atoms with Crippen molar-refractivity contribution in [2.45, 2.75) is 78.0 Å². The second kappa shape index (κ2) is 9.55. The number of rotatable bonds is 9. The average molecular weight is 396 g/mol. The molecule has 0 saturated carbocycles. The lowest BCUT2D eigenvalue weighted by Gasteiger charge is -2.14. The van der Waals surface area contributed by atoms with Crippen LogP contribution in [0.5, 0.6) is 0 Å². The molecule has 1 N–H and O–H groups in total. The molecule has 26 heavy (non-hydrogen) atoms. The molecule has 0 aliphatic rings. The highest BCUT2D eigenvalue weighted by molar-refractivity contribution is 7.99. The van der Waals surface area contributed by atoms with Crippen LogP contribution in [0.4, 0.5) is 0 Å². The summed E-state index contributed by atoms with van der Waals surface area (Å²) in [4.78, 5) is 31.6.